The maximum absolute atomic E-state index is 6.21. The van der Waals surface area contributed by atoms with Crippen LogP contribution in [-0.2, 0) is 0 Å². The van der Waals surface area contributed by atoms with Gasteiger partial charge in [-0.15, -0.1) is 6.42 Å². The van der Waals surface area contributed by atoms with Crippen LogP contribution in [0.15, 0.2) is 18.2 Å². The third-order valence-electron chi connectivity index (χ3n) is 2.62. The Bertz CT molecular complexity index is 407. The van der Waals surface area contributed by atoms with Crippen molar-refractivity contribution in [2.45, 2.75) is 26.3 Å². The van der Waals surface area contributed by atoms with E-state index in [9.17, 15) is 0 Å². The number of nitrogens with zero attached hydrogens (tertiary/aromatic N) is 1. The summed E-state index contributed by atoms with van der Waals surface area (Å²) in [6.45, 7) is 5.58. The van der Waals surface area contributed by atoms with E-state index in [-0.39, 0.29) is 6.04 Å². The first kappa shape index (κ1) is 13.9. The van der Waals surface area contributed by atoms with Crippen molar-refractivity contribution in [1.82, 2.24) is 0 Å². The molecule has 0 aliphatic rings. The molecule has 92 valence electrons. The Hall–Kier alpha value is -1.17. The van der Waals surface area contributed by atoms with Crippen molar-refractivity contribution in [3.63, 3.8) is 0 Å². The molecule has 3 heteroatoms. The third-order valence-corrected chi connectivity index (χ3v) is 2.94. The van der Waals surface area contributed by atoms with Crippen molar-refractivity contribution in [1.29, 1.82) is 0 Å². The average molecular weight is 251 g/mol. The predicted octanol–water partition coefficient (Wildman–Crippen LogP) is 3.21. The summed E-state index contributed by atoms with van der Waals surface area (Å²) in [5, 5.41) is 0.704. The molecule has 0 spiro atoms. The number of terminal acetylenes is 1. The van der Waals surface area contributed by atoms with Crippen molar-refractivity contribution >= 4 is 17.3 Å². The number of anilines is 1. The minimum Gasteiger partial charge on any atom is -0.360 e. The Kier molecular flexibility index (Phi) is 5.34. The average Bonchev–Trinajstić information content (AvgIpc) is 2.28. The second-order valence-corrected chi connectivity index (χ2v) is 4.53. The van der Waals surface area contributed by atoms with Gasteiger partial charge in [0.15, 0.2) is 0 Å². The zero-order chi connectivity index (χ0) is 12.8. The molecular weight excluding hydrogens is 232 g/mol. The molecule has 0 saturated carbocycles. The van der Waals surface area contributed by atoms with Crippen LogP contribution in [0.4, 0.5) is 5.69 Å². The van der Waals surface area contributed by atoms with Gasteiger partial charge in [-0.1, -0.05) is 30.5 Å². The topological polar surface area (TPSA) is 29.3 Å². The van der Waals surface area contributed by atoms with E-state index in [4.69, 9.17) is 23.8 Å². The first-order valence-electron chi connectivity index (χ1n) is 5.83. The van der Waals surface area contributed by atoms with Gasteiger partial charge in [0.05, 0.1) is 6.54 Å². The second-order valence-electron chi connectivity index (χ2n) is 4.12. The predicted molar refractivity (Wildman–Crippen MR) is 75.4 cm³/mol. The summed E-state index contributed by atoms with van der Waals surface area (Å²) in [4.78, 5) is 2.14. The monoisotopic (exact) mass is 250 g/mol. The van der Waals surface area contributed by atoms with Gasteiger partial charge < -0.3 is 10.6 Å². The lowest BCUT2D eigenvalue weighted by Gasteiger charge is -2.23. The molecule has 1 rings (SSSR count). The molecule has 17 heavy (non-hydrogen) atoms. The lowest BCUT2D eigenvalue weighted by molar-refractivity contribution is 0.809. The molecule has 0 radical (unpaired) electrons. The minimum atomic E-state index is -0.0520. The summed E-state index contributed by atoms with van der Waals surface area (Å²) in [6, 6.07) is 5.88. The summed E-state index contributed by atoms with van der Waals surface area (Å²) >= 11 is 6.21. The summed E-state index contributed by atoms with van der Waals surface area (Å²) < 4.78 is 0. The van der Waals surface area contributed by atoms with Crippen LogP contribution in [0.1, 0.15) is 31.9 Å². The summed E-state index contributed by atoms with van der Waals surface area (Å²) in [7, 11) is 0. The van der Waals surface area contributed by atoms with Crippen LogP contribution < -0.4 is 10.6 Å². The molecule has 1 aromatic carbocycles. The number of hydrogen-bond acceptors (Lipinski definition) is 2. The van der Waals surface area contributed by atoms with Crippen molar-refractivity contribution in [3.05, 3.63) is 28.8 Å². The molecule has 0 amide bonds. The standard InChI is InChI=1S/C14H19ClN2/c1-4-8-17(9-5-2)12-6-7-13(11(3)16)14(15)10-12/h1,6-7,10-11H,5,8-9,16H2,2-3H3. The van der Waals surface area contributed by atoms with Gasteiger partial charge in [-0.2, -0.15) is 0 Å². The molecule has 2 N–H and O–H groups in total. The highest BCUT2D eigenvalue weighted by Crippen LogP contribution is 2.27. The molecule has 0 aliphatic heterocycles. The van der Waals surface area contributed by atoms with Gasteiger partial charge in [-0.25, -0.2) is 0 Å². The Morgan fingerprint density at radius 1 is 1.53 bits per heavy atom. The van der Waals surface area contributed by atoms with Gasteiger partial charge in [-0.3, -0.25) is 0 Å². The molecule has 1 atom stereocenters. The number of nitrogens with two attached hydrogens (primary N) is 1. The first-order chi connectivity index (χ1) is 8.10. The molecule has 0 aromatic heterocycles. The Morgan fingerprint density at radius 2 is 2.24 bits per heavy atom. The number of halogens is 1. The van der Waals surface area contributed by atoms with E-state index in [0.29, 0.717) is 11.6 Å². The largest absolute Gasteiger partial charge is 0.360 e. The smallest absolute Gasteiger partial charge is 0.0791 e. The fraction of sp³-hybridized carbons (Fsp3) is 0.429. The Morgan fingerprint density at radius 3 is 2.71 bits per heavy atom. The van der Waals surface area contributed by atoms with Crippen molar-refractivity contribution in [2.24, 2.45) is 5.73 Å². The van der Waals surface area contributed by atoms with Crippen LogP contribution in [0.5, 0.6) is 0 Å². The van der Waals surface area contributed by atoms with Gasteiger partial charge in [0, 0.05) is 23.3 Å². The van der Waals surface area contributed by atoms with Crippen molar-refractivity contribution < 1.29 is 0 Å². The zero-order valence-electron chi connectivity index (χ0n) is 10.4. The number of rotatable bonds is 5. The van der Waals surface area contributed by atoms with E-state index in [0.717, 1.165) is 24.2 Å². The third kappa shape index (κ3) is 3.66. The van der Waals surface area contributed by atoms with E-state index in [2.05, 4.69) is 17.7 Å². The lowest BCUT2D eigenvalue weighted by atomic mass is 10.1. The van der Waals surface area contributed by atoms with Crippen molar-refractivity contribution in [2.75, 3.05) is 18.0 Å². The number of hydrogen-bond donors (Lipinski definition) is 1. The van der Waals surface area contributed by atoms with E-state index in [1.165, 1.54) is 0 Å². The quantitative estimate of drug-likeness (QED) is 0.814. The van der Waals surface area contributed by atoms with E-state index >= 15 is 0 Å². The van der Waals surface area contributed by atoms with Crippen LogP contribution in [0.2, 0.25) is 5.02 Å². The van der Waals surface area contributed by atoms with Gasteiger partial charge in [-0.05, 0) is 31.0 Å². The maximum atomic E-state index is 6.21. The van der Waals surface area contributed by atoms with Crippen LogP contribution >= 0.6 is 11.6 Å². The van der Waals surface area contributed by atoms with E-state index in [1.807, 2.05) is 25.1 Å². The fourth-order valence-electron chi connectivity index (χ4n) is 1.76. The first-order valence-corrected chi connectivity index (χ1v) is 6.21. The molecule has 0 aliphatic carbocycles. The van der Waals surface area contributed by atoms with Crippen LogP contribution in [0.3, 0.4) is 0 Å². The molecule has 0 heterocycles. The molecule has 1 unspecified atom stereocenters. The normalized spacial score (nSPS) is 11.9. The van der Waals surface area contributed by atoms with Gasteiger partial charge in [0.1, 0.15) is 0 Å². The van der Waals surface area contributed by atoms with E-state index in [1.54, 1.807) is 0 Å². The summed E-state index contributed by atoms with van der Waals surface area (Å²) in [5.41, 5.74) is 7.85. The SMILES string of the molecule is C#CCN(CCC)c1ccc(C(C)N)c(Cl)c1. The summed E-state index contributed by atoms with van der Waals surface area (Å²) in [6.07, 6.45) is 6.42. The molecule has 2 nitrogen and oxygen atoms in total. The Balaban J connectivity index is 2.98. The van der Waals surface area contributed by atoms with Crippen LogP contribution in [-0.4, -0.2) is 13.1 Å². The zero-order valence-corrected chi connectivity index (χ0v) is 11.2. The van der Waals surface area contributed by atoms with Gasteiger partial charge in [0.25, 0.3) is 0 Å². The van der Waals surface area contributed by atoms with Crippen LogP contribution in [0, 0.1) is 12.3 Å². The highest BCUT2D eigenvalue weighted by Gasteiger charge is 2.09. The van der Waals surface area contributed by atoms with Gasteiger partial charge in [0.2, 0.25) is 0 Å². The van der Waals surface area contributed by atoms with Crippen LogP contribution in [0.25, 0.3) is 0 Å². The second kappa shape index (κ2) is 6.54. The highest BCUT2D eigenvalue weighted by molar-refractivity contribution is 6.31. The highest BCUT2D eigenvalue weighted by atomic mass is 35.5. The lowest BCUT2D eigenvalue weighted by Crippen LogP contribution is -2.24. The molecule has 0 fully saturated rings. The Labute approximate surface area is 109 Å². The molecule has 0 bridgehead atoms. The van der Waals surface area contributed by atoms with Crippen molar-refractivity contribution in [3.8, 4) is 12.3 Å². The maximum Gasteiger partial charge on any atom is 0.0791 e. The minimum absolute atomic E-state index is 0.0520. The van der Waals surface area contributed by atoms with E-state index < -0.39 is 0 Å². The molecular formula is C14H19ClN2. The molecule has 1 aromatic rings. The molecule has 0 saturated heterocycles. The van der Waals surface area contributed by atoms with Gasteiger partial charge >= 0.3 is 0 Å². The summed E-state index contributed by atoms with van der Waals surface area (Å²) in [5.74, 6) is 2.67. The fourth-order valence-corrected chi connectivity index (χ4v) is 2.11. The number of benzene rings is 1.